The van der Waals surface area contributed by atoms with E-state index in [0.29, 0.717) is 67.8 Å². The van der Waals surface area contributed by atoms with Crippen LogP contribution in [-0.4, -0.2) is 299 Å². The molecule has 2 aliphatic rings. The van der Waals surface area contributed by atoms with E-state index >= 15 is 33.6 Å². The van der Waals surface area contributed by atoms with Crippen molar-refractivity contribution in [3.8, 4) is 5.75 Å². The Hall–Kier alpha value is -13.1. The number of aromatic hydroxyl groups is 1. The van der Waals surface area contributed by atoms with E-state index in [-0.39, 0.29) is 205 Å². The summed E-state index contributed by atoms with van der Waals surface area (Å²) in [4.78, 5) is 231. The molecule has 0 radical (unpaired) electrons. The molecule has 28 N–H and O–H groups in total. The van der Waals surface area contributed by atoms with Gasteiger partial charge in [0, 0.05) is 122 Å². The first-order chi connectivity index (χ1) is 66.9. The molecule has 0 saturated carbocycles. The number of hydrogen-bond donors (Lipinski definition) is 24. The number of H-pyrrole nitrogens is 3. The molecule has 0 aliphatic carbocycles. The third-order valence-electron chi connectivity index (χ3n) is 23.6. The van der Waals surface area contributed by atoms with E-state index in [2.05, 4.69) is 84.1 Å². The number of ether oxygens (including phenoxy) is 3. The van der Waals surface area contributed by atoms with Crippen LogP contribution < -0.4 is 92.1 Å². The number of benzene rings is 4. The predicted octanol–water partition coefficient (Wildman–Crippen LogP) is -1.49. The van der Waals surface area contributed by atoms with E-state index in [4.69, 9.17) is 42.6 Å². The molecule has 15 amide bonds. The lowest BCUT2D eigenvalue weighted by molar-refractivity contribution is -0.142. The SMILES string of the molecule is CC(C)C[C@@H]1NC(=O)[C@@H]2CCCN2C(=O)[C@H](Cc2c[nH]c3ccccc23)NC(=O)CSC[C@@H](C(=O)NCCC(=O)NCCOCCOCCOCCC(N)=O)NC(=O)[C@H](CCCCC(=N)N)NC(=O)[C@H](CCCCN)NC(=O)[C@H](CO)NC(=O)[C@H](Cc2ccc(O)cc2)NC(=O)[C@H](Cc2c[nH]c3ccccc23)NC(=O)[C@H](Cc2c[nH]c3ccccc23)NC(=O)[C@H](CCCCN)NC(=O)[C@H](CO)NC1=O. The molecular formula is C95H134N22O21S. The first-order valence-corrected chi connectivity index (χ1v) is 48.2. The number of nitrogens with two attached hydrogens (primary N) is 4. The number of unbranched alkanes of at least 4 members (excludes halogenated alkanes) is 3. The number of carbonyl (C=O) groups is 15. The number of primary amides is 1. The summed E-state index contributed by atoms with van der Waals surface area (Å²) in [5.74, 6) is -14.7. The minimum atomic E-state index is -1.91. The van der Waals surface area contributed by atoms with Crippen LogP contribution >= 0.6 is 11.8 Å². The lowest BCUT2D eigenvalue weighted by Gasteiger charge is -2.30. The van der Waals surface area contributed by atoms with E-state index in [1.165, 1.54) is 29.2 Å². The minimum Gasteiger partial charge on any atom is -0.508 e. The van der Waals surface area contributed by atoms with E-state index in [9.17, 15) is 53.7 Å². The van der Waals surface area contributed by atoms with Crippen LogP contribution in [0.3, 0.4) is 0 Å². The maximum absolute atomic E-state index is 15.7. The number of hydrogen-bond acceptors (Lipinski definition) is 25. The summed E-state index contributed by atoms with van der Waals surface area (Å²) in [5, 5.41) is 77.7. The highest BCUT2D eigenvalue weighted by Crippen LogP contribution is 2.27. The number of phenols is 1. The quantitative estimate of drug-likeness (QED) is 0.0118. The maximum atomic E-state index is 15.7. The molecule has 139 heavy (non-hydrogen) atoms. The molecule has 9 rings (SSSR count). The fraction of sp³-hybridized carbons (Fsp3) is 0.516. The smallest absolute Gasteiger partial charge is 0.246 e. The highest BCUT2D eigenvalue weighted by Gasteiger charge is 2.42. The summed E-state index contributed by atoms with van der Waals surface area (Å²) < 4.78 is 16.3. The Morgan fingerprint density at radius 1 is 0.460 bits per heavy atom. The zero-order valence-electron chi connectivity index (χ0n) is 78.4. The van der Waals surface area contributed by atoms with Crippen molar-refractivity contribution >= 4 is 139 Å². The number of aromatic nitrogens is 3. The van der Waals surface area contributed by atoms with Gasteiger partial charge in [-0.1, -0.05) is 87.0 Å². The van der Waals surface area contributed by atoms with E-state index in [0.717, 1.165) is 11.8 Å². The van der Waals surface area contributed by atoms with Gasteiger partial charge in [0.1, 0.15) is 78.3 Å². The number of rotatable bonds is 41. The molecule has 2 aliphatic heterocycles. The average molecular weight is 1950 g/mol. The third-order valence-corrected chi connectivity index (χ3v) is 24.6. The van der Waals surface area contributed by atoms with Gasteiger partial charge >= 0.3 is 0 Å². The molecule has 0 bridgehead atoms. The Morgan fingerprint density at radius 2 is 0.878 bits per heavy atom. The Bertz CT molecular complexity index is 5290. The number of nitrogens with zero attached hydrogens (tertiary/aromatic N) is 1. The monoisotopic (exact) mass is 1950 g/mol. The normalized spacial score (nSPS) is 21.7. The summed E-state index contributed by atoms with van der Waals surface area (Å²) in [7, 11) is 0. The number of phenolic OH excluding ortho intramolecular Hbond substituents is 1. The molecule has 44 heteroatoms. The second kappa shape index (κ2) is 57.3. The van der Waals surface area contributed by atoms with Crippen LogP contribution in [-0.2, 0) is 112 Å². The van der Waals surface area contributed by atoms with Crippen LogP contribution in [0, 0.1) is 11.3 Å². The lowest BCUT2D eigenvalue weighted by Crippen LogP contribution is -2.62. The van der Waals surface area contributed by atoms with E-state index in [1.807, 2.05) is 12.1 Å². The second-order valence-corrected chi connectivity index (χ2v) is 35.8. The number of para-hydroxylation sites is 3. The molecule has 756 valence electrons. The molecule has 2 saturated heterocycles. The largest absolute Gasteiger partial charge is 0.508 e. The lowest BCUT2D eigenvalue weighted by atomic mass is 10.00. The molecular weight excluding hydrogens is 1820 g/mol. The standard InChI is InChI=1S/C95H134N22O21S/c1-56(2)44-71-88(128)114-76(52-118)92(132)109-70(24-12-14-34-97)86(126)111-73(46-58-49-103-65-19-6-3-16-62(58)65)91(131)112-74(47-59-50-104-66-20-7-4-17-63(59)66)90(130)110-72(45-57-27-29-61(120)30-28-57)89(129)115-77(53-119)93(133)108-69(23-11-13-33-96)85(125)107-68(22-9-10-26-80(98)99)87(127)116-78(84(124)102-35-31-82(122)101-36-39-137-41-43-138-42-40-136-38-32-81(100)121)54-139-55-83(123)106-75(48-60-51-105-67-21-8-5-18-64(60)67)95(135)117-37-15-25-79(117)94(134)113-71/h3-8,16-21,27-30,49-51,56,68-79,103-105,118-120H,9-15,22-26,31-48,52-55,96-97H2,1-2H3,(H3,98,99)(H2,100,121)(H,101,122)(H,102,124)(H,106,123)(H,107,125)(H,108,133)(H,109,132)(H,110,130)(H,111,126)(H,112,131)(H,113,134)(H,114,128)(H,115,129)(H,116,127)/t68-,69-,70-,71-,72-,73-,74-,75-,76-,77-,78-,79-/m0/s1. The van der Waals surface area contributed by atoms with Crippen molar-refractivity contribution in [2.24, 2.45) is 28.9 Å². The van der Waals surface area contributed by atoms with Crippen molar-refractivity contribution in [2.75, 3.05) is 97.1 Å². The summed E-state index contributed by atoms with van der Waals surface area (Å²) in [6, 6.07) is 8.01. The van der Waals surface area contributed by atoms with Crippen LogP contribution in [0.15, 0.2) is 116 Å². The van der Waals surface area contributed by atoms with Crippen molar-refractivity contribution in [3.05, 3.63) is 138 Å². The van der Waals surface area contributed by atoms with Gasteiger partial charge in [-0.3, -0.25) is 77.3 Å². The van der Waals surface area contributed by atoms with Gasteiger partial charge in [0.05, 0.1) is 64.4 Å². The minimum absolute atomic E-state index is 0.0108. The fourth-order valence-corrected chi connectivity index (χ4v) is 17.1. The molecule has 12 atom stereocenters. The van der Waals surface area contributed by atoms with Crippen molar-refractivity contribution < 1.29 is 101 Å². The number of amides is 15. The predicted molar refractivity (Wildman–Crippen MR) is 518 cm³/mol. The highest BCUT2D eigenvalue weighted by atomic mass is 32.2. The Balaban J connectivity index is 1.07. The van der Waals surface area contributed by atoms with Crippen LogP contribution in [0.4, 0.5) is 0 Å². The van der Waals surface area contributed by atoms with Crippen LogP contribution in [0.2, 0.25) is 0 Å². The van der Waals surface area contributed by atoms with E-state index in [1.54, 1.807) is 93.1 Å². The first-order valence-electron chi connectivity index (χ1n) is 47.1. The molecule has 3 aromatic heterocycles. The number of amidine groups is 1. The zero-order valence-corrected chi connectivity index (χ0v) is 79.2. The molecule has 5 heterocycles. The molecule has 4 aromatic carbocycles. The van der Waals surface area contributed by atoms with Gasteiger partial charge in [-0.2, -0.15) is 0 Å². The topological polar surface area (TPSA) is 679 Å². The highest BCUT2D eigenvalue weighted by molar-refractivity contribution is 8.00. The summed E-state index contributed by atoms with van der Waals surface area (Å²) >= 11 is 0.844. The van der Waals surface area contributed by atoms with E-state index < -0.39 is 180 Å². The number of aromatic amines is 3. The Labute approximate surface area is 808 Å². The molecule has 7 aromatic rings. The molecule has 0 unspecified atom stereocenters. The van der Waals surface area contributed by atoms with Gasteiger partial charge in [0.15, 0.2) is 0 Å². The molecule has 43 nitrogen and oxygen atoms in total. The van der Waals surface area contributed by atoms with Gasteiger partial charge in [0.2, 0.25) is 88.6 Å². The maximum Gasteiger partial charge on any atom is 0.246 e. The van der Waals surface area contributed by atoms with Crippen molar-refractivity contribution in [1.82, 2.24) is 89.0 Å². The number of fused-ring (bicyclic) bond motifs is 4. The van der Waals surface area contributed by atoms with Gasteiger partial charge in [0.25, 0.3) is 0 Å². The third kappa shape index (κ3) is 35.4. The van der Waals surface area contributed by atoms with Gasteiger partial charge in [-0.25, -0.2) is 0 Å². The van der Waals surface area contributed by atoms with Crippen LogP contribution in [0.5, 0.6) is 5.75 Å². The summed E-state index contributed by atoms with van der Waals surface area (Å²) in [6.07, 6.45) is 4.96. The number of nitrogens with one attached hydrogen (secondary N) is 17. The Kier molecular flexibility index (Phi) is 45.2. The van der Waals surface area contributed by atoms with Crippen molar-refractivity contribution in [1.29, 1.82) is 5.41 Å². The van der Waals surface area contributed by atoms with Gasteiger partial charge in [-0.05, 0) is 142 Å². The molecule has 0 spiro atoms. The average Bonchev–Trinajstić information content (AvgIpc) is 1.63. The van der Waals surface area contributed by atoms with Crippen LogP contribution in [0.25, 0.3) is 32.7 Å². The summed E-state index contributed by atoms with van der Waals surface area (Å²) in [6.45, 7) is 2.50. The Morgan fingerprint density at radius 3 is 1.35 bits per heavy atom. The summed E-state index contributed by atoms with van der Waals surface area (Å²) in [5.41, 5.74) is 26.8. The van der Waals surface area contributed by atoms with Gasteiger partial charge in [-0.15, -0.1) is 11.8 Å². The number of aliphatic hydroxyl groups is 2. The fourth-order valence-electron chi connectivity index (χ4n) is 16.2. The zero-order chi connectivity index (χ0) is 100. The molecule has 2 fully saturated rings. The number of thioether (sulfide) groups is 1. The van der Waals surface area contributed by atoms with Gasteiger partial charge < -0.3 is 141 Å². The van der Waals surface area contributed by atoms with Crippen molar-refractivity contribution in [3.63, 3.8) is 0 Å². The van der Waals surface area contributed by atoms with Crippen molar-refractivity contribution in [2.45, 2.75) is 208 Å². The second-order valence-electron chi connectivity index (χ2n) is 34.8. The number of aliphatic hydroxyl groups excluding tert-OH is 2. The number of carbonyl (C=O) groups excluding carboxylic acids is 15. The van der Waals surface area contributed by atoms with Crippen LogP contribution in [0.1, 0.15) is 132 Å². The first kappa shape index (κ1) is 110.